The second kappa shape index (κ2) is 7.13. The number of carbonyl (C=O) groups is 3. The molecule has 0 radical (unpaired) electrons. The standard InChI is InChI=1S/C14H16ClN3O4/c1-22-13(20)8-2-5-10(15)11(6-8)18-12(19)7-16-14(21)17-9-3-4-9/h2,5-6,9H,3-4,7H2,1H3,(H,18,19)(H2,16,17,21). The fraction of sp³-hybridized carbons (Fsp3) is 0.357. The van der Waals surface area contributed by atoms with E-state index < -0.39 is 11.9 Å². The van der Waals surface area contributed by atoms with Gasteiger partial charge in [0.05, 0.1) is 29.9 Å². The molecule has 1 aromatic rings. The van der Waals surface area contributed by atoms with Crippen LogP contribution in [0.15, 0.2) is 18.2 Å². The van der Waals surface area contributed by atoms with E-state index in [2.05, 4.69) is 20.7 Å². The molecular formula is C14H16ClN3O4. The molecule has 7 nitrogen and oxygen atoms in total. The molecule has 0 spiro atoms. The number of hydrogen-bond donors (Lipinski definition) is 3. The minimum atomic E-state index is -0.533. The predicted molar refractivity (Wildman–Crippen MR) is 81.0 cm³/mol. The molecule has 0 heterocycles. The molecule has 3 N–H and O–H groups in total. The summed E-state index contributed by atoms with van der Waals surface area (Å²) in [5, 5.41) is 7.96. The summed E-state index contributed by atoms with van der Waals surface area (Å²) in [6.07, 6.45) is 1.94. The fourth-order valence-electron chi connectivity index (χ4n) is 1.68. The van der Waals surface area contributed by atoms with Crippen LogP contribution in [0.2, 0.25) is 5.02 Å². The maximum Gasteiger partial charge on any atom is 0.337 e. The Kier molecular flexibility index (Phi) is 5.21. The van der Waals surface area contributed by atoms with Gasteiger partial charge >= 0.3 is 12.0 Å². The van der Waals surface area contributed by atoms with Crippen LogP contribution in [0, 0.1) is 0 Å². The van der Waals surface area contributed by atoms with Crippen molar-refractivity contribution in [2.75, 3.05) is 19.0 Å². The summed E-state index contributed by atoms with van der Waals surface area (Å²) < 4.78 is 4.60. The van der Waals surface area contributed by atoms with Crippen LogP contribution in [-0.2, 0) is 9.53 Å². The van der Waals surface area contributed by atoms with Crippen molar-refractivity contribution in [2.45, 2.75) is 18.9 Å². The number of urea groups is 1. The van der Waals surface area contributed by atoms with Crippen molar-refractivity contribution < 1.29 is 19.1 Å². The molecule has 0 atom stereocenters. The van der Waals surface area contributed by atoms with Crippen molar-refractivity contribution in [3.05, 3.63) is 28.8 Å². The number of ether oxygens (including phenoxy) is 1. The summed E-state index contributed by atoms with van der Waals surface area (Å²) in [5.41, 5.74) is 0.542. The van der Waals surface area contributed by atoms with Gasteiger partial charge in [0.1, 0.15) is 0 Å². The van der Waals surface area contributed by atoms with Crippen molar-refractivity contribution in [3.63, 3.8) is 0 Å². The summed E-state index contributed by atoms with van der Waals surface area (Å²) in [6, 6.07) is 4.22. The monoisotopic (exact) mass is 325 g/mol. The summed E-state index contributed by atoms with van der Waals surface area (Å²) >= 11 is 5.96. The van der Waals surface area contributed by atoms with Gasteiger partial charge in [-0.15, -0.1) is 0 Å². The Hall–Kier alpha value is -2.28. The van der Waals surface area contributed by atoms with Crippen LogP contribution in [0.3, 0.4) is 0 Å². The van der Waals surface area contributed by atoms with Crippen LogP contribution in [-0.4, -0.2) is 37.6 Å². The van der Waals surface area contributed by atoms with Crippen molar-refractivity contribution in [1.82, 2.24) is 10.6 Å². The number of carbonyl (C=O) groups excluding carboxylic acids is 3. The number of halogens is 1. The number of rotatable bonds is 5. The van der Waals surface area contributed by atoms with Crippen molar-refractivity contribution in [1.29, 1.82) is 0 Å². The molecule has 3 amide bonds. The molecule has 1 fully saturated rings. The minimum absolute atomic E-state index is 0.197. The van der Waals surface area contributed by atoms with Crippen LogP contribution in [0.5, 0.6) is 0 Å². The second-order valence-corrected chi connectivity index (χ2v) is 5.24. The normalized spacial score (nSPS) is 13.2. The maximum atomic E-state index is 11.8. The van der Waals surface area contributed by atoms with Gasteiger partial charge in [0.25, 0.3) is 0 Å². The first-order valence-electron chi connectivity index (χ1n) is 6.71. The van der Waals surface area contributed by atoms with Gasteiger partial charge in [0, 0.05) is 6.04 Å². The van der Waals surface area contributed by atoms with E-state index >= 15 is 0 Å². The fourth-order valence-corrected chi connectivity index (χ4v) is 1.85. The van der Waals surface area contributed by atoms with Crippen molar-refractivity contribution in [3.8, 4) is 0 Å². The van der Waals surface area contributed by atoms with Gasteiger partial charge in [0.2, 0.25) is 5.91 Å². The van der Waals surface area contributed by atoms with E-state index in [4.69, 9.17) is 11.6 Å². The molecule has 0 bridgehead atoms. The van der Waals surface area contributed by atoms with Gasteiger partial charge < -0.3 is 20.7 Å². The predicted octanol–water partition coefficient (Wildman–Crippen LogP) is 1.53. The first-order chi connectivity index (χ1) is 10.5. The Bertz CT molecular complexity index is 602. The lowest BCUT2D eigenvalue weighted by atomic mass is 10.2. The van der Waals surface area contributed by atoms with Gasteiger partial charge in [-0.3, -0.25) is 4.79 Å². The summed E-state index contributed by atoms with van der Waals surface area (Å²) in [4.78, 5) is 34.6. The third kappa shape index (κ3) is 4.63. The Balaban J connectivity index is 1.89. The number of esters is 1. The minimum Gasteiger partial charge on any atom is -0.465 e. The van der Waals surface area contributed by atoms with E-state index in [-0.39, 0.29) is 34.9 Å². The van der Waals surface area contributed by atoms with Crippen LogP contribution < -0.4 is 16.0 Å². The molecule has 0 saturated heterocycles. The third-order valence-electron chi connectivity index (χ3n) is 2.98. The molecular weight excluding hydrogens is 310 g/mol. The van der Waals surface area contributed by atoms with Gasteiger partial charge in [-0.05, 0) is 31.0 Å². The summed E-state index contributed by atoms with van der Waals surface area (Å²) in [7, 11) is 1.26. The second-order valence-electron chi connectivity index (χ2n) is 4.84. The Labute approximate surface area is 132 Å². The summed E-state index contributed by atoms with van der Waals surface area (Å²) in [5.74, 6) is -0.982. The highest BCUT2D eigenvalue weighted by atomic mass is 35.5. The maximum absolute atomic E-state index is 11.8. The number of anilines is 1. The van der Waals surface area contributed by atoms with Crippen LogP contribution in [0.1, 0.15) is 23.2 Å². The Morgan fingerprint density at radius 1 is 1.32 bits per heavy atom. The molecule has 0 aromatic heterocycles. The van der Waals surface area contributed by atoms with E-state index in [0.717, 1.165) is 12.8 Å². The van der Waals surface area contributed by atoms with Crippen LogP contribution in [0.4, 0.5) is 10.5 Å². The highest BCUT2D eigenvalue weighted by molar-refractivity contribution is 6.33. The molecule has 0 aliphatic heterocycles. The topological polar surface area (TPSA) is 96.5 Å². The lowest BCUT2D eigenvalue weighted by molar-refractivity contribution is -0.115. The quantitative estimate of drug-likeness (QED) is 0.715. The average molecular weight is 326 g/mol. The number of nitrogens with one attached hydrogen (secondary N) is 3. The molecule has 0 unspecified atom stereocenters. The number of amides is 3. The SMILES string of the molecule is COC(=O)c1ccc(Cl)c(NC(=O)CNC(=O)NC2CC2)c1. The third-order valence-corrected chi connectivity index (χ3v) is 3.31. The van der Waals surface area contributed by atoms with Crippen LogP contribution >= 0.6 is 11.6 Å². The zero-order valence-electron chi connectivity index (χ0n) is 11.9. The first-order valence-corrected chi connectivity index (χ1v) is 7.09. The van der Waals surface area contributed by atoms with E-state index in [9.17, 15) is 14.4 Å². The Morgan fingerprint density at radius 3 is 2.68 bits per heavy atom. The van der Waals surface area contributed by atoms with Gasteiger partial charge in [-0.2, -0.15) is 0 Å². The van der Waals surface area contributed by atoms with E-state index in [1.807, 2.05) is 0 Å². The van der Waals surface area contributed by atoms with E-state index in [1.165, 1.54) is 25.3 Å². The number of benzene rings is 1. The highest BCUT2D eigenvalue weighted by Crippen LogP contribution is 2.23. The average Bonchev–Trinajstić information content (AvgIpc) is 3.30. The van der Waals surface area contributed by atoms with E-state index in [0.29, 0.717) is 0 Å². The molecule has 22 heavy (non-hydrogen) atoms. The number of methoxy groups -OCH3 is 1. The molecule has 1 aliphatic rings. The molecule has 8 heteroatoms. The zero-order valence-corrected chi connectivity index (χ0v) is 12.7. The number of hydrogen-bond acceptors (Lipinski definition) is 4. The molecule has 1 aromatic carbocycles. The van der Waals surface area contributed by atoms with Gasteiger partial charge in [0.15, 0.2) is 0 Å². The van der Waals surface area contributed by atoms with Crippen molar-refractivity contribution in [2.24, 2.45) is 0 Å². The Morgan fingerprint density at radius 2 is 2.05 bits per heavy atom. The molecule has 1 saturated carbocycles. The van der Waals surface area contributed by atoms with Crippen LogP contribution in [0.25, 0.3) is 0 Å². The van der Waals surface area contributed by atoms with E-state index in [1.54, 1.807) is 0 Å². The van der Waals surface area contributed by atoms with Gasteiger partial charge in [-0.25, -0.2) is 9.59 Å². The molecule has 2 rings (SSSR count). The summed E-state index contributed by atoms with van der Waals surface area (Å²) in [6.45, 7) is -0.197. The largest absolute Gasteiger partial charge is 0.465 e. The first kappa shape index (κ1) is 16.1. The molecule has 118 valence electrons. The highest BCUT2D eigenvalue weighted by Gasteiger charge is 2.23. The smallest absolute Gasteiger partial charge is 0.337 e. The lowest BCUT2D eigenvalue weighted by Gasteiger charge is -2.10. The van der Waals surface area contributed by atoms with Crippen molar-refractivity contribution >= 4 is 35.2 Å². The molecule has 1 aliphatic carbocycles. The zero-order chi connectivity index (χ0) is 16.1. The van der Waals surface area contributed by atoms with Gasteiger partial charge in [-0.1, -0.05) is 11.6 Å². The lowest BCUT2D eigenvalue weighted by Crippen LogP contribution is -2.40.